The molecule has 6 heteroatoms. The number of hydrogen-bond acceptors (Lipinski definition) is 5. The molecule has 0 bridgehead atoms. The maximum Gasteiger partial charge on any atom is 0.421 e. The van der Waals surface area contributed by atoms with Crippen molar-refractivity contribution in [1.29, 1.82) is 0 Å². The van der Waals surface area contributed by atoms with E-state index in [1.165, 1.54) is 0 Å². The Morgan fingerprint density at radius 2 is 2.20 bits per heavy atom. The highest BCUT2D eigenvalue weighted by Crippen LogP contribution is 2.18. The number of carbonyl (C=O) groups is 2. The molecule has 0 fully saturated rings. The first-order valence-electron chi connectivity index (χ1n) is 6.21. The lowest BCUT2D eigenvalue weighted by atomic mass is 10.1. The van der Waals surface area contributed by atoms with Crippen LogP contribution in [0.2, 0.25) is 0 Å². The van der Waals surface area contributed by atoms with Gasteiger partial charge in [-0.25, -0.2) is 9.69 Å². The average Bonchev–Trinajstić information content (AvgIpc) is 2.46. The van der Waals surface area contributed by atoms with E-state index >= 15 is 0 Å². The molecule has 3 N–H and O–H groups in total. The number of ether oxygens (including phenoxy) is 1. The Kier molecular flexibility index (Phi) is 6.42. The van der Waals surface area contributed by atoms with Gasteiger partial charge in [0.15, 0.2) is 0 Å². The maximum atomic E-state index is 11.8. The number of nitrogens with zero attached hydrogens (tertiary/aromatic N) is 1. The topological polar surface area (TPSA) is 92.9 Å². The summed E-state index contributed by atoms with van der Waals surface area (Å²) < 4.78 is 4.86. The highest BCUT2D eigenvalue weighted by Gasteiger charge is 2.23. The minimum atomic E-state index is -0.758. The molecule has 0 spiro atoms. The monoisotopic (exact) mass is 278 g/mol. The number of benzene rings is 1. The molecule has 0 saturated carbocycles. The number of aliphatic hydroxyl groups is 1. The summed E-state index contributed by atoms with van der Waals surface area (Å²) in [5.41, 5.74) is 6.44. The predicted molar refractivity (Wildman–Crippen MR) is 76.1 cm³/mol. The summed E-state index contributed by atoms with van der Waals surface area (Å²) in [5, 5.41) is 8.75. The van der Waals surface area contributed by atoms with Gasteiger partial charge in [-0.15, -0.1) is 0 Å². The highest BCUT2D eigenvalue weighted by atomic mass is 16.6. The normalized spacial score (nSPS) is 10.6. The fraction of sp³-hybridized carbons (Fsp3) is 0.286. The summed E-state index contributed by atoms with van der Waals surface area (Å²) in [5.74, 6) is -0.549. The van der Waals surface area contributed by atoms with Crippen LogP contribution in [0, 0.1) is 0 Å². The van der Waals surface area contributed by atoms with Crippen molar-refractivity contribution < 1.29 is 19.4 Å². The van der Waals surface area contributed by atoms with Gasteiger partial charge < -0.3 is 15.6 Å². The van der Waals surface area contributed by atoms with Crippen molar-refractivity contribution in [2.75, 3.05) is 24.7 Å². The van der Waals surface area contributed by atoms with Crippen molar-refractivity contribution in [1.82, 2.24) is 0 Å². The molecule has 0 aromatic heterocycles. The van der Waals surface area contributed by atoms with Crippen LogP contribution in [0.4, 0.5) is 10.5 Å². The molecular weight excluding hydrogens is 260 g/mol. The lowest BCUT2D eigenvalue weighted by Crippen LogP contribution is -2.41. The molecule has 0 atom stereocenters. The molecule has 0 heterocycles. The first kappa shape index (κ1) is 15.9. The average molecular weight is 278 g/mol. The van der Waals surface area contributed by atoms with Crippen molar-refractivity contribution in [3.8, 4) is 0 Å². The van der Waals surface area contributed by atoms with Crippen molar-refractivity contribution in [2.24, 2.45) is 5.73 Å². The van der Waals surface area contributed by atoms with E-state index in [1.54, 1.807) is 43.3 Å². The van der Waals surface area contributed by atoms with E-state index in [0.717, 1.165) is 10.5 Å². The van der Waals surface area contributed by atoms with Gasteiger partial charge in [0, 0.05) is 0 Å². The lowest BCUT2D eigenvalue weighted by Gasteiger charge is -2.19. The fourth-order valence-electron chi connectivity index (χ4n) is 1.59. The molecule has 0 aliphatic heterocycles. The minimum Gasteiger partial charge on any atom is -0.449 e. The second kappa shape index (κ2) is 8.08. The Bertz CT molecular complexity index is 500. The van der Waals surface area contributed by atoms with E-state index in [2.05, 4.69) is 0 Å². The van der Waals surface area contributed by atoms with E-state index in [-0.39, 0.29) is 19.8 Å². The summed E-state index contributed by atoms with van der Waals surface area (Å²) in [4.78, 5) is 24.5. The molecule has 108 valence electrons. The minimum absolute atomic E-state index is 0.0897. The lowest BCUT2D eigenvalue weighted by molar-refractivity contribution is -0.116. The fourth-order valence-corrected chi connectivity index (χ4v) is 1.59. The number of anilines is 1. The van der Waals surface area contributed by atoms with Crippen LogP contribution in [0.1, 0.15) is 12.5 Å². The number of aliphatic hydroxyl groups excluding tert-OH is 1. The first-order chi connectivity index (χ1) is 9.63. The largest absolute Gasteiger partial charge is 0.449 e. The van der Waals surface area contributed by atoms with Crippen LogP contribution in [0.5, 0.6) is 0 Å². The zero-order valence-electron chi connectivity index (χ0n) is 11.3. The Morgan fingerprint density at radius 3 is 2.80 bits per heavy atom. The number of imide groups is 1. The van der Waals surface area contributed by atoms with Gasteiger partial charge in [-0.3, -0.25) is 4.79 Å². The number of hydrogen-bond donors (Lipinski definition) is 2. The van der Waals surface area contributed by atoms with Crippen molar-refractivity contribution >= 4 is 23.8 Å². The molecule has 2 amide bonds. The van der Waals surface area contributed by atoms with Gasteiger partial charge in [0.1, 0.15) is 0 Å². The molecular formula is C14H18N2O4. The molecule has 0 unspecified atom stereocenters. The summed E-state index contributed by atoms with van der Waals surface area (Å²) >= 11 is 0. The van der Waals surface area contributed by atoms with E-state index in [4.69, 9.17) is 15.6 Å². The van der Waals surface area contributed by atoms with Crippen LogP contribution in [0.25, 0.3) is 6.08 Å². The highest BCUT2D eigenvalue weighted by molar-refractivity contribution is 6.13. The van der Waals surface area contributed by atoms with Gasteiger partial charge >= 0.3 is 6.09 Å². The van der Waals surface area contributed by atoms with Gasteiger partial charge in [-0.1, -0.05) is 24.3 Å². The number of carbonyl (C=O) groups excluding carboxylic acids is 2. The van der Waals surface area contributed by atoms with Gasteiger partial charge in [0.05, 0.1) is 25.4 Å². The second-order valence-electron chi connectivity index (χ2n) is 3.81. The molecule has 6 nitrogen and oxygen atoms in total. The van der Waals surface area contributed by atoms with Crippen molar-refractivity contribution in [3.63, 3.8) is 0 Å². The third-order valence-electron chi connectivity index (χ3n) is 2.42. The molecule has 1 aromatic carbocycles. The predicted octanol–water partition coefficient (Wildman–Crippen LogP) is 1.14. The third kappa shape index (κ3) is 4.18. The van der Waals surface area contributed by atoms with E-state index in [9.17, 15) is 9.59 Å². The van der Waals surface area contributed by atoms with Crippen LogP contribution in [-0.2, 0) is 9.53 Å². The molecule has 20 heavy (non-hydrogen) atoms. The van der Waals surface area contributed by atoms with Crippen LogP contribution < -0.4 is 10.6 Å². The van der Waals surface area contributed by atoms with Crippen LogP contribution in [0.3, 0.4) is 0 Å². The molecule has 1 aromatic rings. The van der Waals surface area contributed by atoms with Gasteiger partial charge in [0.25, 0.3) is 0 Å². The van der Waals surface area contributed by atoms with Gasteiger partial charge in [-0.2, -0.15) is 0 Å². The molecule has 0 aliphatic rings. The van der Waals surface area contributed by atoms with Gasteiger partial charge in [0.2, 0.25) is 5.91 Å². The van der Waals surface area contributed by atoms with Gasteiger partial charge in [-0.05, 0) is 24.6 Å². The Morgan fingerprint density at radius 1 is 1.45 bits per heavy atom. The van der Waals surface area contributed by atoms with Crippen LogP contribution in [-0.4, -0.2) is 36.9 Å². The van der Waals surface area contributed by atoms with E-state index in [1.807, 2.05) is 0 Å². The van der Waals surface area contributed by atoms with Crippen molar-refractivity contribution in [2.45, 2.75) is 6.92 Å². The number of amides is 2. The molecule has 1 rings (SSSR count). The van der Waals surface area contributed by atoms with Crippen LogP contribution in [0.15, 0.2) is 30.3 Å². The SMILES string of the molecule is CCOC(=O)N(C(=O)CN)c1cccc(C=CCO)c1. The van der Waals surface area contributed by atoms with E-state index in [0.29, 0.717) is 5.69 Å². The standard InChI is InChI=1S/C14H18N2O4/c1-2-20-14(19)16(13(18)10-15)12-7-3-5-11(9-12)6-4-8-17/h3-7,9,17H,2,8,10,15H2,1H3. The smallest absolute Gasteiger partial charge is 0.421 e. The summed E-state index contributed by atoms with van der Waals surface area (Å²) in [6, 6.07) is 6.73. The number of nitrogens with two attached hydrogens (primary N) is 1. The zero-order valence-corrected chi connectivity index (χ0v) is 11.3. The maximum absolute atomic E-state index is 11.8. The summed E-state index contributed by atoms with van der Waals surface area (Å²) in [6.45, 7) is 1.43. The molecule has 0 saturated heterocycles. The quantitative estimate of drug-likeness (QED) is 0.842. The van der Waals surface area contributed by atoms with Crippen LogP contribution >= 0.6 is 0 Å². The molecule has 0 aliphatic carbocycles. The van der Waals surface area contributed by atoms with E-state index < -0.39 is 12.0 Å². The Hall–Kier alpha value is -2.18. The zero-order chi connectivity index (χ0) is 15.0. The summed E-state index contributed by atoms with van der Waals surface area (Å²) in [6.07, 6.45) is 2.48. The molecule has 0 radical (unpaired) electrons. The second-order valence-corrected chi connectivity index (χ2v) is 3.81. The number of rotatable bonds is 5. The van der Waals surface area contributed by atoms with Crippen molar-refractivity contribution in [3.05, 3.63) is 35.9 Å². The Balaban J connectivity index is 3.10. The third-order valence-corrected chi connectivity index (χ3v) is 2.42. The first-order valence-corrected chi connectivity index (χ1v) is 6.21. The Labute approximate surface area is 117 Å². The summed E-state index contributed by atoms with van der Waals surface area (Å²) in [7, 11) is 0.